The summed E-state index contributed by atoms with van der Waals surface area (Å²) in [6.45, 7) is 2.10. The third kappa shape index (κ3) is 3.13. The van der Waals surface area contributed by atoms with Crippen LogP contribution in [0.2, 0.25) is 0 Å². The van der Waals surface area contributed by atoms with Crippen LogP contribution in [0, 0.1) is 0 Å². The smallest absolute Gasteiger partial charge is 0.325 e. The highest BCUT2D eigenvalue weighted by molar-refractivity contribution is 8.14. The molecule has 0 radical (unpaired) electrons. The van der Waals surface area contributed by atoms with E-state index in [9.17, 15) is 14.4 Å². The fourth-order valence-corrected chi connectivity index (χ4v) is 2.07. The van der Waals surface area contributed by atoms with E-state index < -0.39 is 12.0 Å². The number of ether oxygens (including phenoxy) is 1. The second kappa shape index (κ2) is 5.74. The van der Waals surface area contributed by atoms with Crippen molar-refractivity contribution in [2.75, 3.05) is 26.0 Å². The van der Waals surface area contributed by atoms with Gasteiger partial charge >= 0.3 is 5.97 Å². The normalized spacial score (nSPS) is 19.1. The summed E-state index contributed by atoms with van der Waals surface area (Å²) in [5.41, 5.74) is 0. The fraction of sp³-hybridized carbons (Fsp3) is 0.667. The van der Waals surface area contributed by atoms with Crippen LogP contribution in [-0.4, -0.2) is 54.0 Å². The zero-order valence-corrected chi connectivity index (χ0v) is 10.0. The van der Waals surface area contributed by atoms with Crippen molar-refractivity contribution >= 4 is 28.9 Å². The molecule has 6 nitrogen and oxygen atoms in total. The molecule has 1 heterocycles. The number of nitrogens with one attached hydrogen (secondary N) is 1. The molecule has 1 aliphatic heterocycles. The molecular weight excluding hydrogens is 232 g/mol. The number of hydrogen-bond donors (Lipinski definition) is 1. The summed E-state index contributed by atoms with van der Waals surface area (Å²) in [5, 5.41) is 2.34. The Morgan fingerprint density at radius 2 is 2.31 bits per heavy atom. The molecule has 1 unspecified atom stereocenters. The quantitative estimate of drug-likeness (QED) is 0.697. The number of rotatable bonds is 4. The lowest BCUT2D eigenvalue weighted by Crippen LogP contribution is -2.47. The lowest BCUT2D eigenvalue weighted by molar-refractivity contribution is -0.147. The number of esters is 1. The largest absolute Gasteiger partial charge is 0.468 e. The lowest BCUT2D eigenvalue weighted by Gasteiger charge is -2.22. The Hall–Kier alpha value is -1.24. The van der Waals surface area contributed by atoms with Crippen molar-refractivity contribution in [2.24, 2.45) is 0 Å². The van der Waals surface area contributed by atoms with E-state index >= 15 is 0 Å². The molecule has 16 heavy (non-hydrogen) atoms. The topological polar surface area (TPSA) is 75.7 Å². The van der Waals surface area contributed by atoms with E-state index in [0.717, 1.165) is 11.8 Å². The van der Waals surface area contributed by atoms with E-state index in [2.05, 4.69) is 10.1 Å². The molecular formula is C9H14N2O4S. The van der Waals surface area contributed by atoms with Crippen LogP contribution >= 0.6 is 11.8 Å². The molecule has 1 atom stereocenters. The third-order valence-electron chi connectivity index (χ3n) is 2.21. The number of carbonyl (C=O) groups is 3. The van der Waals surface area contributed by atoms with Crippen LogP contribution in [0.4, 0.5) is 4.79 Å². The molecule has 0 spiro atoms. The van der Waals surface area contributed by atoms with Crippen LogP contribution in [0.3, 0.4) is 0 Å². The van der Waals surface area contributed by atoms with Crippen molar-refractivity contribution in [1.82, 2.24) is 10.2 Å². The minimum atomic E-state index is -0.526. The van der Waals surface area contributed by atoms with Crippen LogP contribution in [-0.2, 0) is 14.3 Å². The van der Waals surface area contributed by atoms with E-state index in [1.807, 2.05) is 0 Å². The van der Waals surface area contributed by atoms with Gasteiger partial charge in [0, 0.05) is 12.3 Å². The van der Waals surface area contributed by atoms with Gasteiger partial charge in [-0.1, -0.05) is 11.8 Å². The van der Waals surface area contributed by atoms with Gasteiger partial charge in [-0.15, -0.1) is 0 Å². The maximum Gasteiger partial charge on any atom is 0.325 e. The molecule has 1 fully saturated rings. The number of nitrogens with zero attached hydrogens (tertiary/aromatic N) is 1. The van der Waals surface area contributed by atoms with Gasteiger partial charge in [-0.25, -0.2) is 0 Å². The van der Waals surface area contributed by atoms with Crippen molar-refractivity contribution in [3.63, 3.8) is 0 Å². The molecule has 0 bridgehead atoms. The molecule has 0 aromatic carbocycles. The summed E-state index contributed by atoms with van der Waals surface area (Å²) >= 11 is 1.07. The highest BCUT2D eigenvalue weighted by Crippen LogP contribution is 2.14. The van der Waals surface area contributed by atoms with Gasteiger partial charge in [-0.3, -0.25) is 14.4 Å². The minimum absolute atomic E-state index is 0.0805. The van der Waals surface area contributed by atoms with E-state index in [1.165, 1.54) is 12.0 Å². The predicted octanol–water partition coefficient (Wildman–Crippen LogP) is -0.167. The van der Waals surface area contributed by atoms with E-state index in [1.54, 1.807) is 6.92 Å². The maximum atomic E-state index is 11.9. The van der Waals surface area contributed by atoms with Gasteiger partial charge in [0.2, 0.25) is 5.91 Å². The van der Waals surface area contributed by atoms with Gasteiger partial charge in [0.1, 0.15) is 12.6 Å². The van der Waals surface area contributed by atoms with Gasteiger partial charge in [0.15, 0.2) is 0 Å². The van der Waals surface area contributed by atoms with Crippen LogP contribution in [0.25, 0.3) is 0 Å². The second-order valence-corrected chi connectivity index (χ2v) is 4.22. The SMILES string of the molecule is CCN(CC(=O)OC)C(=O)C1CSC(=O)N1. The van der Waals surface area contributed by atoms with Crippen molar-refractivity contribution in [2.45, 2.75) is 13.0 Å². The molecule has 2 amide bonds. The highest BCUT2D eigenvalue weighted by Gasteiger charge is 2.31. The van der Waals surface area contributed by atoms with E-state index in [0.29, 0.717) is 12.3 Å². The Bertz CT molecular complexity index is 308. The van der Waals surface area contributed by atoms with Gasteiger partial charge in [-0.2, -0.15) is 0 Å². The van der Waals surface area contributed by atoms with Gasteiger partial charge in [0.25, 0.3) is 5.24 Å². The second-order valence-electron chi connectivity index (χ2n) is 3.22. The van der Waals surface area contributed by atoms with Crippen molar-refractivity contribution < 1.29 is 19.1 Å². The summed E-state index contributed by atoms with van der Waals surface area (Å²) in [4.78, 5) is 35.2. The third-order valence-corrected chi connectivity index (χ3v) is 3.09. The van der Waals surface area contributed by atoms with Crippen LogP contribution in [0.5, 0.6) is 0 Å². The molecule has 7 heteroatoms. The summed E-state index contributed by atoms with van der Waals surface area (Å²) in [7, 11) is 1.27. The Morgan fingerprint density at radius 1 is 1.62 bits per heavy atom. The maximum absolute atomic E-state index is 11.9. The monoisotopic (exact) mass is 246 g/mol. The standard InChI is InChI=1S/C9H14N2O4S/c1-3-11(4-7(12)15-2)8(13)6-5-16-9(14)10-6/h6H,3-5H2,1-2H3,(H,10,14). The van der Waals surface area contributed by atoms with Gasteiger partial charge in [-0.05, 0) is 6.92 Å². The Labute approximate surface area is 97.7 Å². The van der Waals surface area contributed by atoms with E-state index in [-0.39, 0.29) is 17.7 Å². The van der Waals surface area contributed by atoms with Crippen LogP contribution in [0.1, 0.15) is 6.92 Å². The van der Waals surface area contributed by atoms with Crippen LogP contribution < -0.4 is 5.32 Å². The number of carbonyl (C=O) groups excluding carboxylic acids is 3. The molecule has 1 rings (SSSR count). The first-order valence-electron chi connectivity index (χ1n) is 4.87. The summed E-state index contributed by atoms with van der Waals surface area (Å²) in [6, 6.07) is -0.526. The molecule has 1 aliphatic rings. The van der Waals surface area contributed by atoms with Crippen LogP contribution in [0.15, 0.2) is 0 Å². The van der Waals surface area contributed by atoms with Crippen molar-refractivity contribution in [3.8, 4) is 0 Å². The minimum Gasteiger partial charge on any atom is -0.468 e. The van der Waals surface area contributed by atoms with Crippen molar-refractivity contribution in [3.05, 3.63) is 0 Å². The fourth-order valence-electron chi connectivity index (χ4n) is 1.30. The summed E-state index contributed by atoms with van der Waals surface area (Å²) < 4.78 is 4.49. The molecule has 0 aliphatic carbocycles. The Balaban J connectivity index is 2.55. The first-order chi connectivity index (χ1) is 7.58. The number of likely N-dealkylation sites (N-methyl/N-ethyl adjacent to an activating group) is 1. The predicted molar refractivity (Wildman–Crippen MR) is 59.0 cm³/mol. The average molecular weight is 246 g/mol. The molecule has 0 saturated carbocycles. The van der Waals surface area contributed by atoms with Crippen molar-refractivity contribution in [1.29, 1.82) is 0 Å². The first-order valence-corrected chi connectivity index (χ1v) is 5.86. The molecule has 0 aromatic rings. The number of amides is 2. The molecule has 1 saturated heterocycles. The first kappa shape index (κ1) is 12.8. The zero-order valence-electron chi connectivity index (χ0n) is 9.19. The number of hydrogen-bond acceptors (Lipinski definition) is 5. The lowest BCUT2D eigenvalue weighted by atomic mass is 10.3. The average Bonchev–Trinajstić information content (AvgIpc) is 2.71. The highest BCUT2D eigenvalue weighted by atomic mass is 32.2. The summed E-state index contributed by atoms with van der Waals surface area (Å²) in [6.07, 6.45) is 0. The number of thioether (sulfide) groups is 1. The zero-order chi connectivity index (χ0) is 12.1. The molecule has 90 valence electrons. The Kier molecular flexibility index (Phi) is 4.60. The van der Waals surface area contributed by atoms with E-state index in [4.69, 9.17) is 0 Å². The molecule has 1 N–H and O–H groups in total. The number of methoxy groups -OCH3 is 1. The molecule has 0 aromatic heterocycles. The van der Waals surface area contributed by atoms with Gasteiger partial charge in [0.05, 0.1) is 7.11 Å². The van der Waals surface area contributed by atoms with Gasteiger partial charge < -0.3 is 15.0 Å². The summed E-state index contributed by atoms with van der Waals surface area (Å²) in [5.74, 6) is -0.298. The Morgan fingerprint density at radius 3 is 2.75 bits per heavy atom.